The second kappa shape index (κ2) is 8.58. The van der Waals surface area contributed by atoms with Crippen LogP contribution in [0.3, 0.4) is 0 Å². The molecule has 0 unspecified atom stereocenters. The monoisotopic (exact) mass is 427 g/mol. The molecule has 0 radical (unpaired) electrons. The van der Waals surface area contributed by atoms with Crippen molar-refractivity contribution in [2.75, 3.05) is 24.6 Å². The Labute approximate surface area is 180 Å². The number of hydrogen-bond acceptors (Lipinski definition) is 6. The summed E-state index contributed by atoms with van der Waals surface area (Å²) in [6, 6.07) is 7.62. The first kappa shape index (κ1) is 21.2. The molecule has 3 heterocycles. The Kier molecular flexibility index (Phi) is 5.86. The smallest absolute Gasteiger partial charge is 0.332 e. The third-order valence-corrected chi connectivity index (χ3v) is 5.82. The minimum Gasteiger partial charge on any atom is -0.491 e. The van der Waals surface area contributed by atoms with Crippen LogP contribution in [0.15, 0.2) is 33.9 Å². The van der Waals surface area contributed by atoms with Crippen molar-refractivity contribution in [2.24, 2.45) is 14.1 Å². The van der Waals surface area contributed by atoms with E-state index in [9.17, 15) is 14.7 Å². The van der Waals surface area contributed by atoms with E-state index in [4.69, 9.17) is 4.74 Å². The van der Waals surface area contributed by atoms with Gasteiger partial charge in [-0.3, -0.25) is 13.9 Å². The van der Waals surface area contributed by atoms with E-state index in [2.05, 4.69) is 9.88 Å². The lowest BCUT2D eigenvalue weighted by molar-refractivity contribution is 0.0936. The fourth-order valence-corrected chi connectivity index (χ4v) is 4.03. The molecule has 9 heteroatoms. The summed E-state index contributed by atoms with van der Waals surface area (Å²) >= 11 is 0. The Morgan fingerprint density at radius 3 is 2.42 bits per heavy atom. The molecule has 0 amide bonds. The fraction of sp³-hybridized carbons (Fsp3) is 0.500. The van der Waals surface area contributed by atoms with E-state index in [0.29, 0.717) is 22.9 Å². The van der Waals surface area contributed by atoms with Gasteiger partial charge in [0.2, 0.25) is 5.95 Å². The molecule has 9 nitrogen and oxygen atoms in total. The van der Waals surface area contributed by atoms with Gasteiger partial charge in [0.15, 0.2) is 11.2 Å². The van der Waals surface area contributed by atoms with Crippen molar-refractivity contribution in [1.82, 2.24) is 18.7 Å². The number of piperidine rings is 1. The van der Waals surface area contributed by atoms with Crippen molar-refractivity contribution < 1.29 is 9.84 Å². The average Bonchev–Trinajstić information content (AvgIpc) is 3.15. The number of fused-ring (bicyclic) bond motifs is 1. The van der Waals surface area contributed by atoms with Crippen LogP contribution in [0.25, 0.3) is 11.2 Å². The number of ether oxygens (including phenoxy) is 1. The van der Waals surface area contributed by atoms with Crippen LogP contribution in [-0.2, 0) is 20.6 Å². The van der Waals surface area contributed by atoms with Crippen LogP contribution in [0.5, 0.6) is 5.75 Å². The van der Waals surface area contributed by atoms with Crippen LogP contribution in [0.2, 0.25) is 0 Å². The summed E-state index contributed by atoms with van der Waals surface area (Å²) in [5.74, 6) is 1.29. The highest BCUT2D eigenvalue weighted by Crippen LogP contribution is 2.23. The van der Waals surface area contributed by atoms with Gasteiger partial charge in [0.1, 0.15) is 18.5 Å². The van der Waals surface area contributed by atoms with Gasteiger partial charge in [0.05, 0.1) is 6.54 Å². The maximum atomic E-state index is 13.0. The van der Waals surface area contributed by atoms with Gasteiger partial charge in [-0.1, -0.05) is 17.7 Å². The zero-order valence-electron chi connectivity index (χ0n) is 18.2. The number of benzene rings is 1. The first-order valence-electron chi connectivity index (χ1n) is 10.7. The normalized spacial score (nSPS) is 15.4. The molecule has 1 atom stereocenters. The van der Waals surface area contributed by atoms with Gasteiger partial charge in [-0.05, 0) is 38.3 Å². The molecule has 1 aromatic carbocycles. The van der Waals surface area contributed by atoms with Gasteiger partial charge in [0.25, 0.3) is 5.56 Å². The van der Waals surface area contributed by atoms with Crippen LogP contribution < -0.4 is 20.9 Å². The fourth-order valence-electron chi connectivity index (χ4n) is 4.03. The summed E-state index contributed by atoms with van der Waals surface area (Å²) < 4.78 is 9.94. The Bertz CT molecular complexity index is 1190. The first-order chi connectivity index (χ1) is 14.9. The van der Waals surface area contributed by atoms with Crippen molar-refractivity contribution in [1.29, 1.82) is 0 Å². The summed E-state index contributed by atoms with van der Waals surface area (Å²) in [6.45, 7) is 3.87. The van der Waals surface area contributed by atoms with Gasteiger partial charge in [-0.25, -0.2) is 4.79 Å². The molecule has 1 saturated heterocycles. The van der Waals surface area contributed by atoms with Gasteiger partial charge in [-0.2, -0.15) is 4.98 Å². The number of imidazole rings is 1. The number of aliphatic hydroxyl groups is 1. The van der Waals surface area contributed by atoms with Gasteiger partial charge in [0, 0.05) is 27.2 Å². The lowest BCUT2D eigenvalue weighted by Crippen LogP contribution is -2.38. The van der Waals surface area contributed by atoms with E-state index in [1.165, 1.54) is 11.6 Å². The third-order valence-electron chi connectivity index (χ3n) is 5.82. The van der Waals surface area contributed by atoms with Crippen LogP contribution >= 0.6 is 0 Å². The second-order valence-corrected chi connectivity index (χ2v) is 8.23. The predicted octanol–water partition coefficient (Wildman–Crippen LogP) is 1.17. The molecule has 1 fully saturated rings. The van der Waals surface area contributed by atoms with Crippen molar-refractivity contribution in [3.8, 4) is 5.75 Å². The highest BCUT2D eigenvalue weighted by atomic mass is 16.5. The molecule has 0 spiro atoms. The van der Waals surface area contributed by atoms with Crippen LogP contribution in [0.4, 0.5) is 5.95 Å². The van der Waals surface area contributed by atoms with Crippen molar-refractivity contribution >= 4 is 17.1 Å². The van der Waals surface area contributed by atoms with E-state index >= 15 is 0 Å². The molecule has 2 aromatic heterocycles. The minimum atomic E-state index is -0.857. The summed E-state index contributed by atoms with van der Waals surface area (Å²) in [5, 5.41) is 10.7. The third kappa shape index (κ3) is 4.10. The first-order valence-corrected chi connectivity index (χ1v) is 10.7. The van der Waals surface area contributed by atoms with Gasteiger partial charge in [-0.15, -0.1) is 0 Å². The van der Waals surface area contributed by atoms with Gasteiger partial charge >= 0.3 is 5.69 Å². The molecule has 1 N–H and O–H groups in total. The summed E-state index contributed by atoms with van der Waals surface area (Å²) in [4.78, 5) is 32.2. The van der Waals surface area contributed by atoms with Gasteiger partial charge < -0.3 is 19.3 Å². The number of aliphatic hydroxyl groups excluding tert-OH is 1. The Morgan fingerprint density at radius 2 is 1.74 bits per heavy atom. The number of anilines is 1. The summed E-state index contributed by atoms with van der Waals surface area (Å²) in [7, 11) is 3.07. The highest BCUT2D eigenvalue weighted by molar-refractivity contribution is 5.74. The van der Waals surface area contributed by atoms with Crippen LogP contribution in [-0.4, -0.2) is 49.6 Å². The van der Waals surface area contributed by atoms with E-state index in [0.717, 1.165) is 42.5 Å². The van der Waals surface area contributed by atoms with Crippen LogP contribution in [0.1, 0.15) is 24.8 Å². The maximum absolute atomic E-state index is 13.0. The molecule has 0 saturated carbocycles. The maximum Gasteiger partial charge on any atom is 0.332 e. The minimum absolute atomic E-state index is 0.0776. The van der Waals surface area contributed by atoms with Crippen molar-refractivity contribution in [3.63, 3.8) is 0 Å². The van der Waals surface area contributed by atoms with E-state index in [1.54, 1.807) is 11.6 Å². The zero-order chi connectivity index (χ0) is 22.1. The molecular formula is C22H29N5O4. The topological polar surface area (TPSA) is 94.5 Å². The van der Waals surface area contributed by atoms with E-state index in [-0.39, 0.29) is 13.2 Å². The molecule has 31 heavy (non-hydrogen) atoms. The molecule has 1 aliphatic rings. The molecule has 0 aliphatic carbocycles. The number of aryl methyl sites for hydroxylation is 2. The largest absolute Gasteiger partial charge is 0.491 e. The standard InChI is InChI=1S/C22H29N5O4/c1-15-7-9-17(10-8-15)31-14-16(28)13-27-18-19(24(2)22(30)25(3)20(18)29)23-21(27)26-11-5-4-6-12-26/h7-10,16,28H,4-6,11-14H2,1-3H3/t16-/m0/s1. The Balaban J connectivity index is 1.69. The number of rotatable bonds is 6. The number of nitrogens with zero attached hydrogens (tertiary/aromatic N) is 5. The summed E-state index contributed by atoms with van der Waals surface area (Å²) in [6.07, 6.45) is 2.38. The lowest BCUT2D eigenvalue weighted by Gasteiger charge is -2.28. The second-order valence-electron chi connectivity index (χ2n) is 8.23. The Morgan fingerprint density at radius 1 is 1.06 bits per heavy atom. The molecule has 166 valence electrons. The van der Waals surface area contributed by atoms with Crippen molar-refractivity contribution in [3.05, 3.63) is 50.7 Å². The number of hydrogen-bond donors (Lipinski definition) is 1. The molecule has 1 aliphatic heterocycles. The molecule has 0 bridgehead atoms. The zero-order valence-corrected chi connectivity index (χ0v) is 18.2. The van der Waals surface area contributed by atoms with Crippen molar-refractivity contribution in [2.45, 2.75) is 38.8 Å². The lowest BCUT2D eigenvalue weighted by atomic mass is 10.1. The van der Waals surface area contributed by atoms with E-state index < -0.39 is 17.4 Å². The number of aromatic nitrogens is 4. The average molecular weight is 428 g/mol. The van der Waals surface area contributed by atoms with Crippen LogP contribution in [0, 0.1) is 6.92 Å². The predicted molar refractivity (Wildman–Crippen MR) is 119 cm³/mol. The van der Waals surface area contributed by atoms with E-state index in [1.807, 2.05) is 31.2 Å². The molecule has 4 rings (SSSR count). The molecular weight excluding hydrogens is 398 g/mol. The summed E-state index contributed by atoms with van der Waals surface area (Å²) in [5.41, 5.74) is 0.946. The Hall–Kier alpha value is -3.07. The quantitative estimate of drug-likeness (QED) is 0.635. The molecule has 3 aromatic rings. The highest BCUT2D eigenvalue weighted by Gasteiger charge is 2.25. The SMILES string of the molecule is Cc1ccc(OC[C@@H](O)Cn2c(N3CCCCC3)nc3c2c(=O)n(C)c(=O)n3C)cc1.